The van der Waals surface area contributed by atoms with E-state index in [1.54, 1.807) is 0 Å². The summed E-state index contributed by atoms with van der Waals surface area (Å²) in [6.45, 7) is 1.13. The molecule has 0 aliphatic rings. The van der Waals surface area contributed by atoms with Gasteiger partial charge < -0.3 is 15.3 Å². The maximum Gasteiger partial charge on any atom is 0.406 e. The minimum absolute atomic E-state index is 0.120. The van der Waals surface area contributed by atoms with Crippen LogP contribution in [0.1, 0.15) is 13.8 Å². The molecular weight excluding hydrogens is 293 g/mol. The van der Waals surface area contributed by atoms with Crippen molar-refractivity contribution in [3.63, 3.8) is 0 Å². The van der Waals surface area contributed by atoms with Gasteiger partial charge >= 0.3 is 18.2 Å². The number of carbonyl (C=O) groups excluding carboxylic acids is 1. The number of alkyl halides is 3. The molecule has 0 unspecified atom stereocenters. The predicted octanol–water partition coefficient (Wildman–Crippen LogP) is 1.77. The third-order valence-electron chi connectivity index (χ3n) is 2.42. The van der Waals surface area contributed by atoms with Crippen LogP contribution in [0.5, 0.6) is 0 Å². The van der Waals surface area contributed by atoms with Gasteiger partial charge in [-0.15, -0.1) is 0 Å². The minimum Gasteiger partial charge on any atom is -0.480 e. The average Bonchev–Trinajstić information content (AvgIpc) is 2.70. The molecule has 0 spiro atoms. The molecular formula is C11H15F3N4O3. The fourth-order valence-electron chi connectivity index (χ4n) is 1.53. The first-order valence-electron chi connectivity index (χ1n) is 5.97. The van der Waals surface area contributed by atoms with Crippen LogP contribution >= 0.6 is 0 Å². The van der Waals surface area contributed by atoms with E-state index in [2.05, 4.69) is 10.4 Å². The maximum atomic E-state index is 12.4. The first kappa shape index (κ1) is 16.8. The van der Waals surface area contributed by atoms with Crippen LogP contribution in [0.15, 0.2) is 12.4 Å². The number of hydrogen-bond donors (Lipinski definition) is 2. The zero-order valence-electron chi connectivity index (χ0n) is 11.4. The van der Waals surface area contributed by atoms with E-state index in [-0.39, 0.29) is 5.69 Å². The van der Waals surface area contributed by atoms with Crippen LogP contribution in [0.25, 0.3) is 0 Å². The van der Waals surface area contributed by atoms with Crippen molar-refractivity contribution >= 4 is 17.7 Å². The van der Waals surface area contributed by atoms with E-state index in [0.29, 0.717) is 4.90 Å². The van der Waals surface area contributed by atoms with E-state index in [4.69, 9.17) is 5.11 Å². The highest BCUT2D eigenvalue weighted by atomic mass is 19.4. The van der Waals surface area contributed by atoms with Crippen LogP contribution in [-0.2, 0) is 11.3 Å². The van der Waals surface area contributed by atoms with Gasteiger partial charge in [-0.1, -0.05) is 0 Å². The SMILES string of the molecule is CC(C)N(CC(F)(F)F)C(=O)Nc1cnn(CC(=O)O)c1. The molecule has 7 nitrogen and oxygen atoms in total. The number of halogens is 3. The number of nitrogens with one attached hydrogen (secondary N) is 1. The van der Waals surface area contributed by atoms with E-state index in [0.717, 1.165) is 10.9 Å². The molecule has 118 valence electrons. The first-order chi connectivity index (χ1) is 9.58. The summed E-state index contributed by atoms with van der Waals surface area (Å²) in [5.74, 6) is -1.13. The Labute approximate surface area is 118 Å². The Hall–Kier alpha value is -2.26. The van der Waals surface area contributed by atoms with Crippen molar-refractivity contribution in [2.24, 2.45) is 0 Å². The van der Waals surface area contributed by atoms with Crippen LogP contribution in [0.3, 0.4) is 0 Å². The second-order valence-electron chi connectivity index (χ2n) is 4.59. The third kappa shape index (κ3) is 5.71. The van der Waals surface area contributed by atoms with Crippen molar-refractivity contribution in [1.29, 1.82) is 0 Å². The molecule has 1 heterocycles. The van der Waals surface area contributed by atoms with Gasteiger partial charge in [0, 0.05) is 12.2 Å². The summed E-state index contributed by atoms with van der Waals surface area (Å²) in [5.41, 5.74) is 0.120. The topological polar surface area (TPSA) is 87.5 Å². The maximum absolute atomic E-state index is 12.4. The van der Waals surface area contributed by atoms with Crippen molar-refractivity contribution in [3.05, 3.63) is 12.4 Å². The van der Waals surface area contributed by atoms with Crippen LogP contribution < -0.4 is 5.32 Å². The normalized spacial score (nSPS) is 11.5. The Morgan fingerprint density at radius 3 is 2.57 bits per heavy atom. The van der Waals surface area contributed by atoms with Gasteiger partial charge in [-0.25, -0.2) is 4.79 Å². The van der Waals surface area contributed by atoms with Crippen molar-refractivity contribution in [2.75, 3.05) is 11.9 Å². The number of nitrogens with zero attached hydrogens (tertiary/aromatic N) is 3. The largest absolute Gasteiger partial charge is 0.480 e. The Balaban J connectivity index is 2.73. The number of aromatic nitrogens is 2. The molecule has 0 aromatic carbocycles. The quantitative estimate of drug-likeness (QED) is 0.868. The molecule has 21 heavy (non-hydrogen) atoms. The molecule has 0 fully saturated rings. The fourth-order valence-corrected chi connectivity index (χ4v) is 1.53. The highest BCUT2D eigenvalue weighted by molar-refractivity contribution is 5.89. The van der Waals surface area contributed by atoms with E-state index in [1.807, 2.05) is 0 Å². The number of carboxylic acids is 1. The summed E-state index contributed by atoms with van der Waals surface area (Å²) >= 11 is 0. The molecule has 1 rings (SSSR count). The van der Waals surface area contributed by atoms with Crippen molar-refractivity contribution in [1.82, 2.24) is 14.7 Å². The zero-order chi connectivity index (χ0) is 16.2. The number of hydrogen-bond acceptors (Lipinski definition) is 3. The lowest BCUT2D eigenvalue weighted by Gasteiger charge is -2.27. The molecule has 0 aliphatic heterocycles. The third-order valence-corrected chi connectivity index (χ3v) is 2.42. The lowest BCUT2D eigenvalue weighted by atomic mass is 10.3. The zero-order valence-corrected chi connectivity index (χ0v) is 11.4. The number of carboxylic acid groups (broad SMARTS) is 1. The average molecular weight is 308 g/mol. The summed E-state index contributed by atoms with van der Waals surface area (Å²) in [5, 5.41) is 14.5. The number of amides is 2. The van der Waals surface area contributed by atoms with Crippen molar-refractivity contribution in [2.45, 2.75) is 32.6 Å². The minimum atomic E-state index is -4.50. The molecule has 2 amide bonds. The van der Waals surface area contributed by atoms with Gasteiger partial charge in [0.25, 0.3) is 0 Å². The van der Waals surface area contributed by atoms with Gasteiger partial charge in [0.05, 0.1) is 11.9 Å². The van der Waals surface area contributed by atoms with E-state index in [1.165, 1.54) is 20.0 Å². The Bertz CT molecular complexity index is 513. The van der Waals surface area contributed by atoms with Gasteiger partial charge in [0.1, 0.15) is 13.1 Å². The monoisotopic (exact) mass is 308 g/mol. The second-order valence-corrected chi connectivity index (χ2v) is 4.59. The Morgan fingerprint density at radius 1 is 1.48 bits per heavy atom. The van der Waals surface area contributed by atoms with Crippen LogP contribution in [-0.4, -0.2) is 50.6 Å². The molecule has 0 radical (unpaired) electrons. The van der Waals surface area contributed by atoms with Gasteiger partial charge in [0.2, 0.25) is 0 Å². The highest BCUT2D eigenvalue weighted by Crippen LogP contribution is 2.19. The number of rotatable bonds is 5. The Kier molecular flexibility index (Phi) is 5.17. The summed E-state index contributed by atoms with van der Waals surface area (Å²) in [4.78, 5) is 22.9. The Morgan fingerprint density at radius 2 is 2.10 bits per heavy atom. The number of urea groups is 1. The van der Waals surface area contributed by atoms with E-state index < -0.39 is 37.3 Å². The summed E-state index contributed by atoms with van der Waals surface area (Å²) in [7, 11) is 0. The van der Waals surface area contributed by atoms with Crippen LogP contribution in [0, 0.1) is 0 Å². The molecule has 1 aromatic heterocycles. The second kappa shape index (κ2) is 6.46. The van der Waals surface area contributed by atoms with E-state index >= 15 is 0 Å². The molecule has 0 saturated carbocycles. The summed E-state index contributed by atoms with van der Waals surface area (Å²) < 4.78 is 38.3. The standard InChI is InChI=1S/C11H15F3N4O3/c1-7(2)18(6-11(12,13)14)10(21)16-8-3-15-17(4-8)5-9(19)20/h3-4,7H,5-6H2,1-2H3,(H,16,21)(H,19,20). The van der Waals surface area contributed by atoms with Gasteiger partial charge in [-0.05, 0) is 13.8 Å². The smallest absolute Gasteiger partial charge is 0.406 e. The number of anilines is 1. The van der Waals surface area contributed by atoms with Gasteiger partial charge in [-0.3, -0.25) is 9.48 Å². The van der Waals surface area contributed by atoms with Gasteiger partial charge in [-0.2, -0.15) is 18.3 Å². The lowest BCUT2D eigenvalue weighted by molar-refractivity contribution is -0.142. The highest BCUT2D eigenvalue weighted by Gasteiger charge is 2.34. The lowest BCUT2D eigenvalue weighted by Crippen LogP contribution is -2.45. The number of aliphatic carboxylic acids is 1. The molecule has 1 aromatic rings. The molecule has 0 aliphatic carbocycles. The summed E-state index contributed by atoms with van der Waals surface area (Å²) in [6.07, 6.45) is -2.12. The molecule has 0 atom stereocenters. The molecule has 10 heteroatoms. The van der Waals surface area contributed by atoms with Gasteiger partial charge in [0.15, 0.2) is 0 Å². The molecule has 0 saturated heterocycles. The number of carbonyl (C=O) groups is 2. The summed E-state index contributed by atoms with van der Waals surface area (Å²) in [6, 6.07) is -1.59. The van der Waals surface area contributed by atoms with Crippen molar-refractivity contribution < 1.29 is 27.9 Å². The fraction of sp³-hybridized carbons (Fsp3) is 0.545. The predicted molar refractivity (Wildman–Crippen MR) is 66.8 cm³/mol. The first-order valence-corrected chi connectivity index (χ1v) is 5.97. The van der Waals surface area contributed by atoms with Crippen LogP contribution in [0.4, 0.5) is 23.7 Å². The molecule has 2 N–H and O–H groups in total. The van der Waals surface area contributed by atoms with E-state index in [9.17, 15) is 22.8 Å². The van der Waals surface area contributed by atoms with Crippen LogP contribution in [0.2, 0.25) is 0 Å². The molecule has 0 bridgehead atoms. The van der Waals surface area contributed by atoms with Crippen molar-refractivity contribution in [3.8, 4) is 0 Å².